The molecule has 0 saturated carbocycles. The third-order valence-electron chi connectivity index (χ3n) is 28.4. The van der Waals surface area contributed by atoms with Gasteiger partial charge in [0.1, 0.15) is 30.3 Å². The van der Waals surface area contributed by atoms with Gasteiger partial charge in [0.2, 0.25) is 23.7 Å². The van der Waals surface area contributed by atoms with Crippen LogP contribution < -0.4 is 43.9 Å². The van der Waals surface area contributed by atoms with Crippen LogP contribution in [0.1, 0.15) is 107 Å². The lowest BCUT2D eigenvalue weighted by Gasteiger charge is -2.43. The second kappa shape index (κ2) is 37.9. The van der Waals surface area contributed by atoms with E-state index in [1.807, 2.05) is 31.1 Å². The Morgan fingerprint density at radius 3 is 1.71 bits per heavy atom. The minimum absolute atomic E-state index is 0.0599. The number of benzene rings is 5. The highest BCUT2D eigenvalue weighted by molar-refractivity contribution is 5.97. The Morgan fingerprint density at radius 2 is 1.10 bits per heavy atom. The van der Waals surface area contributed by atoms with Crippen molar-refractivity contribution in [1.29, 1.82) is 15.8 Å². The number of aromatic nitrogens is 6. The van der Waals surface area contributed by atoms with Gasteiger partial charge in [-0.15, -0.1) is 0 Å². The number of carbonyl (C=O) groups is 2. The van der Waals surface area contributed by atoms with E-state index in [0.29, 0.717) is 116 Å². The molecule has 12 heterocycles. The van der Waals surface area contributed by atoms with E-state index in [-0.39, 0.29) is 67.2 Å². The molecule has 8 aromatic rings. The Morgan fingerprint density at radius 1 is 0.548 bits per heavy atom. The number of aliphatic hydroxyl groups is 1. The van der Waals surface area contributed by atoms with Gasteiger partial charge in [0, 0.05) is 193 Å². The van der Waals surface area contributed by atoms with Crippen LogP contribution in [0, 0.1) is 47.8 Å². The van der Waals surface area contributed by atoms with Gasteiger partial charge in [-0.25, -0.2) is 9.97 Å². The number of anilines is 8. The number of amides is 2. The number of hydrogen-bond donors (Lipinski definition) is 1. The fraction of sp³-hybridized carbons (Fsp3) is 0.500. The first-order valence-corrected chi connectivity index (χ1v) is 45.4. The van der Waals surface area contributed by atoms with Gasteiger partial charge in [-0.3, -0.25) is 24.3 Å². The van der Waals surface area contributed by atoms with Crippen molar-refractivity contribution < 1.29 is 19.4 Å². The van der Waals surface area contributed by atoms with E-state index < -0.39 is 6.23 Å². The number of carbonyl (C=O) groups excluding carboxylic acids is 2. The van der Waals surface area contributed by atoms with E-state index in [1.165, 1.54) is 73.0 Å². The molecule has 0 radical (unpaired) electrons. The van der Waals surface area contributed by atoms with Crippen LogP contribution in [-0.4, -0.2) is 290 Å². The van der Waals surface area contributed by atoms with E-state index in [0.717, 1.165) is 155 Å². The number of rotatable bonds is 25. The maximum Gasteiger partial charge on any atom is 0.318 e. The van der Waals surface area contributed by atoms with Crippen LogP contribution in [0.25, 0.3) is 21.5 Å². The maximum absolute atomic E-state index is 13.2. The lowest BCUT2D eigenvalue weighted by atomic mass is 9.90. The van der Waals surface area contributed by atoms with Crippen molar-refractivity contribution in [2.75, 3.05) is 206 Å². The standard InChI is InChI=1S/C98H122N24O4/c1-11-90(123)120-49-46-115(59-73(120)30-37-99)93-82-35-44-113(63-85(82)102-96(105-93)118-41-18-22-71(57-118)109(7)8)88-29-28-77(79-24-15-16-25-80(79)88)70-54-76(111(10)56-70)65-126-98-104-86-64-114(45-36-83(86)95(107-98)117-48-51-122(75(61-117)32-39-101)92(125)27-19-40-108(5)6)89-53-68(52-66(3)67(89)4)55-110(9)72-33-42-119(58-72)97-103-84-62-112(87-26-17-21-69-20-13-14-23-78(69)87)43-34-81(84)94(106-97)116-47-50-121(91(124)12-2)74(60-116)31-38-100/h11-17,19-21,23-29,52-53,70-76,92,125H,1-2,18,22,30-36,40-51,54-65H2,3-10H3/b27-19+/t70?,71?,72-,73-,74-,75-,76-,92?/m0/s1. The molecule has 9 aliphatic heterocycles. The Bertz CT molecular complexity index is 5540. The van der Waals surface area contributed by atoms with Crippen molar-refractivity contribution in [3.63, 3.8) is 0 Å². The molecule has 0 spiro atoms. The molecule has 126 heavy (non-hydrogen) atoms. The first kappa shape index (κ1) is 86.6. The van der Waals surface area contributed by atoms with Crippen molar-refractivity contribution in [3.8, 4) is 24.2 Å². The van der Waals surface area contributed by atoms with Gasteiger partial charge in [0.05, 0.1) is 86.3 Å². The van der Waals surface area contributed by atoms with Gasteiger partial charge in [0.25, 0.3) is 0 Å². The third-order valence-corrected chi connectivity index (χ3v) is 28.4. The molecular weight excluding hydrogens is 1580 g/mol. The smallest absolute Gasteiger partial charge is 0.318 e. The van der Waals surface area contributed by atoms with Crippen molar-refractivity contribution in [3.05, 3.63) is 184 Å². The number of piperazine rings is 3. The normalized spacial score (nSPS) is 22.2. The van der Waals surface area contributed by atoms with E-state index in [1.54, 1.807) is 9.80 Å². The number of fused-ring (bicyclic) bond motifs is 5. The fourth-order valence-corrected chi connectivity index (χ4v) is 21.3. The zero-order chi connectivity index (χ0) is 87.6. The highest BCUT2D eigenvalue weighted by Gasteiger charge is 2.42. The van der Waals surface area contributed by atoms with E-state index in [2.05, 4.69) is 223 Å². The zero-order valence-corrected chi connectivity index (χ0v) is 74.7. The number of nitrogens with zero attached hydrogens (tertiary/aromatic N) is 24. The summed E-state index contributed by atoms with van der Waals surface area (Å²) in [5.74, 6) is 4.04. The number of hydrogen-bond acceptors (Lipinski definition) is 26. The zero-order valence-electron chi connectivity index (χ0n) is 74.7. The van der Waals surface area contributed by atoms with Crippen molar-refractivity contribution in [2.45, 2.75) is 153 Å². The van der Waals surface area contributed by atoms with E-state index in [9.17, 15) is 30.5 Å². The fourth-order valence-electron chi connectivity index (χ4n) is 21.3. The molecular formula is C98H122N24O4. The predicted octanol–water partition coefficient (Wildman–Crippen LogP) is 9.85. The SMILES string of the molecule is C=CC(=O)N1CCN(c2nc(N3CCCC(N(C)C)C3)nc3c2CCN(c2ccc(C4C[C@@H](COc5nc6c(c(N7CCN(C(O)/C=C/CN(C)C)[C@@H](CC#N)C7)n5)CCN(c5cc(CN(C)[C@H]7CCN(c8nc9c(c(N%10CCN(C(=O)C=C)[C@@H](CC#N)C%10)n8)CCN(c8cccc%10ccccc8%10)C9)C7)cc(C)c5C)C6)N(C)C4)c4ccccc24)C3)C[C@@H]1CC#N. The van der Waals surface area contributed by atoms with Gasteiger partial charge in [-0.1, -0.05) is 92.0 Å². The van der Waals surface area contributed by atoms with Crippen molar-refractivity contribution >= 4 is 79.8 Å². The van der Waals surface area contributed by atoms with Crippen molar-refractivity contribution in [1.82, 2.24) is 64.2 Å². The molecule has 28 heteroatoms. The van der Waals surface area contributed by atoms with Crippen LogP contribution in [0.4, 0.5) is 46.4 Å². The number of nitriles is 3. The molecule has 8 atom stereocenters. The Balaban J connectivity index is 0.612. The predicted molar refractivity (Wildman–Crippen MR) is 497 cm³/mol. The van der Waals surface area contributed by atoms with Gasteiger partial charge in [-0.05, 0) is 176 Å². The summed E-state index contributed by atoms with van der Waals surface area (Å²) in [6, 6.07) is 40.8. The Kier molecular flexibility index (Phi) is 26.1. The molecule has 658 valence electrons. The Labute approximate surface area is 742 Å². The maximum atomic E-state index is 13.2. The average Bonchev–Trinajstić information content (AvgIpc) is 0.850. The minimum Gasteiger partial charge on any atom is -0.462 e. The molecule has 2 amide bonds. The molecule has 1 N–H and O–H groups in total. The molecule has 28 nitrogen and oxygen atoms in total. The lowest BCUT2D eigenvalue weighted by Crippen LogP contribution is -2.56. The molecule has 3 aromatic heterocycles. The number of likely N-dealkylation sites (tertiary alicyclic amines) is 1. The molecule has 5 aromatic carbocycles. The van der Waals surface area contributed by atoms with Gasteiger partial charge >= 0.3 is 6.01 Å². The summed E-state index contributed by atoms with van der Waals surface area (Å²) in [4.78, 5) is 93.0. The average molecular weight is 1700 g/mol. The topological polar surface area (TPSA) is 261 Å². The summed E-state index contributed by atoms with van der Waals surface area (Å²) < 4.78 is 7.02. The second-order valence-electron chi connectivity index (χ2n) is 36.6. The van der Waals surface area contributed by atoms with Crippen LogP contribution >= 0.6 is 0 Å². The molecule has 6 fully saturated rings. The molecule has 3 unspecified atom stereocenters. The van der Waals surface area contributed by atoms with E-state index >= 15 is 0 Å². The Hall–Kier alpha value is -11.6. The molecule has 0 bridgehead atoms. The van der Waals surface area contributed by atoms with Crippen LogP contribution in [-0.2, 0) is 55.0 Å². The number of likely N-dealkylation sites (N-methyl/N-ethyl adjacent to an activating group) is 4. The largest absolute Gasteiger partial charge is 0.462 e. The van der Waals surface area contributed by atoms with Crippen LogP contribution in [0.5, 0.6) is 6.01 Å². The van der Waals surface area contributed by atoms with Gasteiger partial charge in [0.15, 0.2) is 0 Å². The summed E-state index contributed by atoms with van der Waals surface area (Å²) in [5.41, 5.74) is 14.9. The highest BCUT2D eigenvalue weighted by Crippen LogP contribution is 2.44. The summed E-state index contributed by atoms with van der Waals surface area (Å²) in [5, 5.41) is 46.9. The van der Waals surface area contributed by atoms with Crippen LogP contribution in [0.15, 0.2) is 128 Å². The summed E-state index contributed by atoms with van der Waals surface area (Å²) >= 11 is 0. The first-order chi connectivity index (χ1) is 61.2. The number of piperidine rings is 1. The monoisotopic (exact) mass is 1700 g/mol. The van der Waals surface area contributed by atoms with Gasteiger partial charge < -0.3 is 68.6 Å². The molecule has 6 saturated heterocycles. The van der Waals surface area contributed by atoms with Crippen LogP contribution in [0.3, 0.4) is 0 Å². The molecule has 17 rings (SSSR count). The second-order valence-corrected chi connectivity index (χ2v) is 36.6. The molecule has 0 aliphatic carbocycles. The third kappa shape index (κ3) is 18.0. The summed E-state index contributed by atoms with van der Waals surface area (Å²) in [7, 11) is 12.8. The summed E-state index contributed by atoms with van der Waals surface area (Å²) in [6.07, 6.45) is 12.6. The first-order valence-electron chi connectivity index (χ1n) is 45.4. The lowest BCUT2D eigenvalue weighted by molar-refractivity contribution is -0.129. The van der Waals surface area contributed by atoms with Crippen molar-refractivity contribution in [2.24, 2.45) is 0 Å². The van der Waals surface area contributed by atoms with Crippen LogP contribution in [0.2, 0.25) is 0 Å². The number of ether oxygens (including phenoxy) is 1. The van der Waals surface area contributed by atoms with E-state index in [4.69, 9.17) is 34.6 Å². The summed E-state index contributed by atoms with van der Waals surface area (Å²) in [6.45, 7) is 26.8. The highest BCUT2D eigenvalue weighted by atomic mass is 16.5. The number of aryl methyl sites for hydroxylation is 1. The number of aliphatic hydroxyl groups excluding tert-OH is 1. The quantitative estimate of drug-likeness (QED) is 0.0412. The van der Waals surface area contributed by atoms with Gasteiger partial charge in [-0.2, -0.15) is 35.7 Å². The molecule has 9 aliphatic rings. The minimum atomic E-state index is -0.841.